The number of hydrogen-bond acceptors (Lipinski definition) is 6. The van der Waals surface area contributed by atoms with Gasteiger partial charge in [-0.1, -0.05) is 85.8 Å². The molecule has 10 heteroatoms. The van der Waals surface area contributed by atoms with Gasteiger partial charge in [-0.2, -0.15) is 0 Å². The third-order valence-corrected chi connectivity index (χ3v) is 9.98. The van der Waals surface area contributed by atoms with Gasteiger partial charge in [0.25, 0.3) is 5.56 Å². The van der Waals surface area contributed by atoms with Gasteiger partial charge in [0.05, 0.1) is 29.0 Å². The molecule has 44 heavy (non-hydrogen) atoms. The lowest BCUT2D eigenvalue weighted by atomic mass is 9.86. The maximum Gasteiger partial charge on any atom is 0.407 e. The topological polar surface area (TPSA) is 111 Å². The number of aromatic nitrogens is 2. The molecular formula is C34H30N3O6P. The minimum atomic E-state index is -4.70. The summed E-state index contributed by atoms with van der Waals surface area (Å²) in [5, 5.41) is 0.958. The van der Waals surface area contributed by atoms with Gasteiger partial charge >= 0.3 is 13.7 Å². The summed E-state index contributed by atoms with van der Waals surface area (Å²) >= 11 is 0. The Balaban J connectivity index is 1.33. The van der Waals surface area contributed by atoms with Crippen LogP contribution >= 0.6 is 7.75 Å². The summed E-state index contributed by atoms with van der Waals surface area (Å²) in [6.45, 7) is 1.92. The molecule has 2 aromatic heterocycles. The number of rotatable bonds is 8. The van der Waals surface area contributed by atoms with Gasteiger partial charge in [0.2, 0.25) is 5.60 Å². The van der Waals surface area contributed by atoms with Crippen molar-refractivity contribution in [3.8, 4) is 11.4 Å². The van der Waals surface area contributed by atoms with E-state index in [-0.39, 0.29) is 42.8 Å². The minimum absolute atomic E-state index is 0.0329. The monoisotopic (exact) mass is 607 g/mol. The molecule has 0 bridgehead atoms. The number of nitrogens with zero attached hydrogens (tertiary/aromatic N) is 3. The minimum Gasteiger partial charge on any atom is -0.458 e. The summed E-state index contributed by atoms with van der Waals surface area (Å²) < 4.78 is 28.9. The largest absolute Gasteiger partial charge is 0.458 e. The van der Waals surface area contributed by atoms with Gasteiger partial charge in [-0.05, 0) is 35.7 Å². The Hall–Kier alpha value is -4.40. The molecule has 0 radical (unpaired) electrons. The van der Waals surface area contributed by atoms with Crippen LogP contribution in [-0.2, 0) is 50.5 Å². The molecule has 9 nitrogen and oxygen atoms in total. The highest BCUT2D eigenvalue weighted by Crippen LogP contribution is 2.56. The average Bonchev–Trinajstić information content (AvgIpc) is 3.40. The van der Waals surface area contributed by atoms with Crippen molar-refractivity contribution < 1.29 is 23.5 Å². The fourth-order valence-corrected chi connectivity index (χ4v) is 7.66. The number of benzene rings is 3. The Kier molecular flexibility index (Phi) is 7.06. The second-order valence-corrected chi connectivity index (χ2v) is 12.9. The molecule has 0 spiro atoms. The Morgan fingerprint density at radius 2 is 1.59 bits per heavy atom. The number of carbonyl (C=O) groups is 1. The first-order chi connectivity index (χ1) is 21.3. The quantitative estimate of drug-likeness (QED) is 0.168. The van der Waals surface area contributed by atoms with E-state index in [1.807, 2.05) is 91.0 Å². The molecule has 0 saturated carbocycles. The van der Waals surface area contributed by atoms with Crippen molar-refractivity contribution in [2.45, 2.75) is 45.2 Å². The van der Waals surface area contributed by atoms with Gasteiger partial charge in [-0.25, -0.2) is 19.0 Å². The fraction of sp³-hybridized carbons (Fsp3) is 0.206. The summed E-state index contributed by atoms with van der Waals surface area (Å²) in [5.74, 6) is -0.810. The van der Waals surface area contributed by atoms with Crippen LogP contribution in [0.25, 0.3) is 22.3 Å². The maximum absolute atomic E-state index is 14.3. The molecule has 1 unspecified atom stereocenters. The highest BCUT2D eigenvalue weighted by molar-refractivity contribution is 7.50. The van der Waals surface area contributed by atoms with Crippen LogP contribution < -0.4 is 5.56 Å². The number of esters is 1. The van der Waals surface area contributed by atoms with Crippen LogP contribution in [0.2, 0.25) is 0 Å². The zero-order chi connectivity index (χ0) is 30.5. The van der Waals surface area contributed by atoms with Gasteiger partial charge in [-0.15, -0.1) is 0 Å². The second-order valence-electron chi connectivity index (χ2n) is 11.1. The molecule has 0 saturated heterocycles. The van der Waals surface area contributed by atoms with E-state index in [1.54, 1.807) is 17.6 Å². The van der Waals surface area contributed by atoms with Crippen molar-refractivity contribution in [2.24, 2.45) is 0 Å². The highest BCUT2D eigenvalue weighted by Gasteiger charge is 2.53. The summed E-state index contributed by atoms with van der Waals surface area (Å²) in [7, 11) is -4.70. The lowest BCUT2D eigenvalue weighted by molar-refractivity contribution is -0.170. The molecule has 2 aliphatic rings. The van der Waals surface area contributed by atoms with Crippen LogP contribution in [-0.4, -0.2) is 25.1 Å². The third-order valence-electron chi connectivity index (χ3n) is 8.43. The molecule has 222 valence electrons. The Morgan fingerprint density at radius 1 is 0.955 bits per heavy atom. The first-order valence-corrected chi connectivity index (χ1v) is 16.0. The van der Waals surface area contributed by atoms with Gasteiger partial charge in [0, 0.05) is 29.6 Å². The number of cyclic esters (lactones) is 1. The zero-order valence-corrected chi connectivity index (χ0v) is 24.9. The first-order valence-electron chi connectivity index (χ1n) is 14.5. The third kappa shape index (κ3) is 4.78. The average molecular weight is 608 g/mol. The van der Waals surface area contributed by atoms with Crippen molar-refractivity contribution >= 4 is 24.6 Å². The van der Waals surface area contributed by atoms with Gasteiger partial charge in [-0.3, -0.25) is 9.32 Å². The van der Waals surface area contributed by atoms with Gasteiger partial charge < -0.3 is 14.2 Å². The van der Waals surface area contributed by atoms with Crippen molar-refractivity contribution in [3.63, 3.8) is 0 Å². The van der Waals surface area contributed by atoms with Crippen molar-refractivity contribution in [1.29, 1.82) is 0 Å². The van der Waals surface area contributed by atoms with Crippen molar-refractivity contribution in [2.75, 3.05) is 0 Å². The standard InChI is InChI=1S/C34H30N3O6P/c1-2-34(43-44(40,41)36(19-23-11-5-3-6-12-23)20-24-13-7-4-8-14-24)28-18-30-31-26(17-25-15-9-10-16-29(25)35-31)21-37(30)32(38)27(28)22-42-33(34)39/h3-18H,2,19-22H2,1H3,(H,40,41)/t34-/m0/s1. The van der Waals surface area contributed by atoms with Crippen LogP contribution in [0, 0.1) is 0 Å². The van der Waals surface area contributed by atoms with Gasteiger partial charge in [0.1, 0.15) is 6.61 Å². The van der Waals surface area contributed by atoms with E-state index in [2.05, 4.69) is 0 Å². The van der Waals surface area contributed by atoms with Crippen LogP contribution in [0.5, 0.6) is 0 Å². The molecule has 7 rings (SSSR count). The first kappa shape index (κ1) is 28.4. The molecule has 2 aliphatic heterocycles. The van der Waals surface area contributed by atoms with Crippen LogP contribution in [0.4, 0.5) is 0 Å². The van der Waals surface area contributed by atoms with Gasteiger partial charge in [0.15, 0.2) is 0 Å². The van der Waals surface area contributed by atoms with E-state index in [4.69, 9.17) is 14.2 Å². The maximum atomic E-state index is 14.3. The van der Waals surface area contributed by atoms with E-state index in [1.165, 1.54) is 4.67 Å². The second kappa shape index (κ2) is 10.9. The van der Waals surface area contributed by atoms with Crippen LogP contribution in [0.15, 0.2) is 102 Å². The van der Waals surface area contributed by atoms with Crippen molar-refractivity contribution in [1.82, 2.24) is 14.2 Å². The SMILES string of the molecule is CC[C@@]1(OP(=O)(O)N(Cc2ccccc2)Cc2ccccc2)C(=O)OCc2c1cc1n(c2=O)Cc2cc3ccccc3nc2-1. The number of fused-ring (bicyclic) bond motifs is 5. The highest BCUT2D eigenvalue weighted by atomic mass is 31.2. The lowest BCUT2D eigenvalue weighted by Crippen LogP contribution is -2.46. The van der Waals surface area contributed by atoms with E-state index in [9.17, 15) is 19.0 Å². The Labute approximate surface area is 253 Å². The number of para-hydroxylation sites is 1. The summed E-state index contributed by atoms with van der Waals surface area (Å²) in [6, 6.07) is 30.0. The predicted octanol–water partition coefficient (Wildman–Crippen LogP) is 5.91. The number of hydrogen-bond donors (Lipinski definition) is 1. The normalized spacial score (nSPS) is 18.4. The molecule has 2 atom stereocenters. The van der Waals surface area contributed by atoms with Crippen molar-refractivity contribution in [3.05, 3.63) is 135 Å². The number of ether oxygens (including phenoxy) is 1. The summed E-state index contributed by atoms with van der Waals surface area (Å²) in [6.07, 6.45) is -0.0329. The fourth-order valence-electron chi connectivity index (χ4n) is 6.15. The Morgan fingerprint density at radius 3 is 2.25 bits per heavy atom. The van der Waals surface area contributed by atoms with E-state index >= 15 is 0 Å². The van der Waals surface area contributed by atoms with E-state index in [0.717, 1.165) is 27.6 Å². The predicted molar refractivity (Wildman–Crippen MR) is 165 cm³/mol. The lowest BCUT2D eigenvalue weighted by Gasteiger charge is -2.39. The Bertz CT molecular complexity index is 1970. The molecule has 5 aromatic rings. The van der Waals surface area contributed by atoms with E-state index in [0.29, 0.717) is 17.9 Å². The zero-order valence-electron chi connectivity index (χ0n) is 24.1. The molecule has 3 aromatic carbocycles. The summed E-state index contributed by atoms with van der Waals surface area (Å²) in [4.78, 5) is 44.1. The molecule has 1 N–H and O–H groups in total. The number of pyridine rings is 2. The summed E-state index contributed by atoms with van der Waals surface area (Å²) in [5.41, 5.74) is 2.55. The molecule has 4 heterocycles. The molecular weight excluding hydrogens is 577 g/mol. The molecule has 0 fully saturated rings. The van der Waals surface area contributed by atoms with Crippen LogP contribution in [0.3, 0.4) is 0 Å². The van der Waals surface area contributed by atoms with Crippen LogP contribution in [0.1, 0.15) is 41.2 Å². The smallest absolute Gasteiger partial charge is 0.407 e. The molecule has 0 amide bonds. The number of carbonyl (C=O) groups excluding carboxylic acids is 1. The molecule has 0 aliphatic carbocycles. The van der Waals surface area contributed by atoms with E-state index < -0.39 is 19.3 Å².